The number of nitrogen functional groups attached to an aromatic ring is 1. The summed E-state index contributed by atoms with van der Waals surface area (Å²) in [5.41, 5.74) is 9.91. The van der Waals surface area contributed by atoms with Gasteiger partial charge in [-0.2, -0.15) is 5.10 Å². The Bertz CT molecular complexity index is 1160. The van der Waals surface area contributed by atoms with Gasteiger partial charge in [-0.05, 0) is 44.1 Å². The zero-order valence-corrected chi connectivity index (χ0v) is 16.9. The van der Waals surface area contributed by atoms with Crippen molar-refractivity contribution >= 4 is 27.4 Å². The van der Waals surface area contributed by atoms with Gasteiger partial charge in [0.05, 0.1) is 29.6 Å². The number of nitrogens with zero attached hydrogens (tertiary/aromatic N) is 4. The number of nitrogens with two attached hydrogens (primary N) is 1. The number of fused-ring (bicyclic) bond motifs is 1. The number of methoxy groups -OCH3 is 1. The van der Waals surface area contributed by atoms with Crippen LogP contribution in [0.3, 0.4) is 0 Å². The van der Waals surface area contributed by atoms with Crippen LogP contribution in [0.4, 0.5) is 5.82 Å². The molecule has 8 heteroatoms. The lowest BCUT2D eigenvalue weighted by Crippen LogP contribution is -2.29. The number of rotatable bonds is 4. The fourth-order valence-electron chi connectivity index (χ4n) is 3.77. The van der Waals surface area contributed by atoms with Crippen LogP contribution in [-0.4, -0.2) is 39.9 Å². The summed E-state index contributed by atoms with van der Waals surface area (Å²) in [5, 5.41) is 8.83. The molecule has 1 saturated heterocycles. The molecule has 0 aliphatic carbocycles. The molecule has 1 aromatic carbocycles. The Hall–Kier alpha value is -2.97. The lowest BCUT2D eigenvalue weighted by atomic mass is 10.1. The lowest BCUT2D eigenvalue weighted by Gasteiger charge is -2.22. The molecular formula is C21H22N6OS. The zero-order chi connectivity index (χ0) is 19.8. The first-order valence-electron chi connectivity index (χ1n) is 9.67. The normalized spacial score (nSPS) is 15.1. The highest BCUT2D eigenvalue weighted by Crippen LogP contribution is 2.37. The summed E-state index contributed by atoms with van der Waals surface area (Å²) in [6, 6.07) is 8.42. The molecule has 0 unspecified atom stereocenters. The number of piperidine rings is 1. The van der Waals surface area contributed by atoms with Crippen LogP contribution in [0.5, 0.6) is 5.75 Å². The van der Waals surface area contributed by atoms with Crippen LogP contribution in [0.1, 0.15) is 18.9 Å². The fourth-order valence-corrected chi connectivity index (χ4v) is 4.77. The van der Waals surface area contributed by atoms with Crippen molar-refractivity contribution in [2.24, 2.45) is 0 Å². The Morgan fingerprint density at radius 1 is 1.21 bits per heavy atom. The summed E-state index contributed by atoms with van der Waals surface area (Å²) >= 11 is 1.59. The van der Waals surface area contributed by atoms with Gasteiger partial charge in [0.15, 0.2) is 0 Å². The van der Waals surface area contributed by atoms with Crippen molar-refractivity contribution in [2.45, 2.75) is 18.9 Å². The number of hydrogen-bond acceptors (Lipinski definition) is 7. The Labute approximate surface area is 172 Å². The third kappa shape index (κ3) is 3.34. The Kier molecular flexibility index (Phi) is 4.65. The minimum absolute atomic E-state index is 0.447. The summed E-state index contributed by atoms with van der Waals surface area (Å²) < 4.78 is 8.58. The standard InChI is InChI=1S/C21H22N6OS/c1-28-17-3-2-4-18-19(17)26-21(29-18)16-9-13(10-24-20(16)22)14-11-25-27(12-14)15-5-7-23-8-6-15/h2-4,9-12,15,23H,5-8H2,1H3,(H2,22,24). The first-order chi connectivity index (χ1) is 14.2. The molecule has 0 saturated carbocycles. The quantitative estimate of drug-likeness (QED) is 0.537. The second-order valence-electron chi connectivity index (χ2n) is 7.17. The van der Waals surface area contributed by atoms with Gasteiger partial charge >= 0.3 is 0 Å². The van der Waals surface area contributed by atoms with Crippen molar-refractivity contribution in [2.75, 3.05) is 25.9 Å². The molecule has 1 fully saturated rings. The highest BCUT2D eigenvalue weighted by molar-refractivity contribution is 7.21. The van der Waals surface area contributed by atoms with E-state index in [2.05, 4.69) is 32.3 Å². The molecule has 4 heterocycles. The number of hydrogen-bond donors (Lipinski definition) is 2. The predicted octanol–water partition coefficient (Wildman–Crippen LogP) is 3.74. The Balaban J connectivity index is 1.52. The van der Waals surface area contributed by atoms with Gasteiger partial charge in [-0.15, -0.1) is 11.3 Å². The predicted molar refractivity (Wildman–Crippen MR) is 116 cm³/mol. The maximum absolute atomic E-state index is 6.21. The Morgan fingerprint density at radius 3 is 2.90 bits per heavy atom. The summed E-state index contributed by atoms with van der Waals surface area (Å²) in [6.07, 6.45) is 8.01. The van der Waals surface area contributed by atoms with Gasteiger partial charge in [-0.1, -0.05) is 6.07 Å². The first-order valence-corrected chi connectivity index (χ1v) is 10.5. The van der Waals surface area contributed by atoms with Crippen LogP contribution in [0, 0.1) is 0 Å². The number of nitrogens with one attached hydrogen (secondary N) is 1. The number of pyridine rings is 1. The van der Waals surface area contributed by atoms with E-state index in [4.69, 9.17) is 15.5 Å². The maximum Gasteiger partial charge on any atom is 0.145 e. The molecule has 0 spiro atoms. The van der Waals surface area contributed by atoms with Crippen LogP contribution in [0.15, 0.2) is 42.9 Å². The van der Waals surface area contributed by atoms with Gasteiger partial charge in [0.25, 0.3) is 0 Å². The minimum atomic E-state index is 0.447. The molecule has 0 bridgehead atoms. The second-order valence-corrected chi connectivity index (χ2v) is 8.20. The smallest absolute Gasteiger partial charge is 0.145 e. The van der Waals surface area contributed by atoms with Gasteiger partial charge in [0.1, 0.15) is 22.1 Å². The van der Waals surface area contributed by atoms with Crippen LogP contribution in [-0.2, 0) is 0 Å². The molecule has 5 rings (SSSR count). The molecule has 148 valence electrons. The minimum Gasteiger partial charge on any atom is -0.494 e. The number of benzene rings is 1. The van der Waals surface area contributed by atoms with E-state index in [-0.39, 0.29) is 0 Å². The topological polar surface area (TPSA) is 90.9 Å². The Morgan fingerprint density at radius 2 is 2.07 bits per heavy atom. The first kappa shape index (κ1) is 18.1. The largest absolute Gasteiger partial charge is 0.494 e. The van der Waals surface area contributed by atoms with Crippen molar-refractivity contribution in [3.63, 3.8) is 0 Å². The summed E-state index contributed by atoms with van der Waals surface area (Å²) in [4.78, 5) is 9.21. The monoisotopic (exact) mass is 406 g/mol. The van der Waals surface area contributed by atoms with Crippen molar-refractivity contribution in [1.29, 1.82) is 0 Å². The number of aromatic nitrogens is 4. The highest BCUT2D eigenvalue weighted by Gasteiger charge is 2.18. The molecule has 0 atom stereocenters. The zero-order valence-electron chi connectivity index (χ0n) is 16.1. The molecule has 1 aliphatic rings. The molecule has 3 N–H and O–H groups in total. The third-order valence-corrected chi connectivity index (χ3v) is 6.42. The SMILES string of the molecule is COc1cccc2sc(-c3cc(-c4cnn(C5CCNCC5)c4)cnc3N)nc12. The summed E-state index contributed by atoms with van der Waals surface area (Å²) in [5.74, 6) is 1.23. The molecule has 29 heavy (non-hydrogen) atoms. The molecule has 3 aromatic heterocycles. The van der Waals surface area contributed by atoms with Gasteiger partial charge in [0, 0.05) is 23.5 Å². The van der Waals surface area contributed by atoms with Crippen molar-refractivity contribution in [1.82, 2.24) is 25.1 Å². The van der Waals surface area contributed by atoms with Crippen molar-refractivity contribution in [3.8, 4) is 27.4 Å². The average Bonchev–Trinajstić information content (AvgIpc) is 3.42. The number of ether oxygens (including phenoxy) is 1. The van der Waals surface area contributed by atoms with Crippen molar-refractivity contribution < 1.29 is 4.74 Å². The van der Waals surface area contributed by atoms with E-state index in [9.17, 15) is 0 Å². The van der Waals surface area contributed by atoms with Gasteiger partial charge in [-0.25, -0.2) is 9.97 Å². The maximum atomic E-state index is 6.21. The summed E-state index contributed by atoms with van der Waals surface area (Å²) in [6.45, 7) is 2.07. The van der Waals surface area contributed by atoms with E-state index in [0.717, 1.165) is 63.6 Å². The average molecular weight is 407 g/mol. The number of thiazole rings is 1. The van der Waals surface area contributed by atoms with E-state index >= 15 is 0 Å². The molecule has 0 amide bonds. The second kappa shape index (κ2) is 7.46. The molecule has 1 aliphatic heterocycles. The fraction of sp³-hybridized carbons (Fsp3) is 0.286. The molecule has 4 aromatic rings. The van der Waals surface area contributed by atoms with Crippen LogP contribution >= 0.6 is 11.3 Å². The van der Waals surface area contributed by atoms with Crippen LogP contribution in [0.25, 0.3) is 31.9 Å². The van der Waals surface area contributed by atoms with Crippen LogP contribution < -0.4 is 15.8 Å². The molecular weight excluding hydrogens is 384 g/mol. The number of anilines is 1. The highest BCUT2D eigenvalue weighted by atomic mass is 32.1. The van der Waals surface area contributed by atoms with E-state index < -0.39 is 0 Å². The van der Waals surface area contributed by atoms with Crippen LogP contribution in [0.2, 0.25) is 0 Å². The number of para-hydroxylation sites is 1. The van der Waals surface area contributed by atoms with E-state index in [1.165, 1.54) is 0 Å². The van der Waals surface area contributed by atoms with Gasteiger partial charge in [-0.3, -0.25) is 4.68 Å². The molecule has 0 radical (unpaired) electrons. The lowest BCUT2D eigenvalue weighted by molar-refractivity contribution is 0.343. The summed E-state index contributed by atoms with van der Waals surface area (Å²) in [7, 11) is 1.66. The van der Waals surface area contributed by atoms with Crippen molar-refractivity contribution in [3.05, 3.63) is 42.9 Å². The van der Waals surface area contributed by atoms with E-state index in [0.29, 0.717) is 11.9 Å². The third-order valence-electron chi connectivity index (χ3n) is 5.37. The van der Waals surface area contributed by atoms with E-state index in [1.54, 1.807) is 24.6 Å². The molecule has 7 nitrogen and oxygen atoms in total. The van der Waals surface area contributed by atoms with E-state index in [1.807, 2.05) is 24.4 Å². The van der Waals surface area contributed by atoms with Gasteiger partial charge in [0.2, 0.25) is 0 Å². The van der Waals surface area contributed by atoms with Gasteiger partial charge < -0.3 is 15.8 Å².